The third kappa shape index (κ3) is 3.46. The molecule has 0 saturated carbocycles. The summed E-state index contributed by atoms with van der Waals surface area (Å²) in [7, 11) is 1.68. The molecule has 18 heavy (non-hydrogen) atoms. The summed E-state index contributed by atoms with van der Waals surface area (Å²) in [5.74, 6) is 1.49. The monoisotopic (exact) mass is 313 g/mol. The number of rotatable bonds is 4. The zero-order valence-corrected chi connectivity index (χ0v) is 12.5. The zero-order chi connectivity index (χ0) is 13.0. The van der Waals surface area contributed by atoms with Crippen LogP contribution in [0, 0.1) is 5.92 Å². The minimum Gasteiger partial charge on any atom is -0.497 e. The number of ether oxygens (including phenoxy) is 2. The van der Waals surface area contributed by atoms with Gasteiger partial charge in [0.2, 0.25) is 0 Å². The first-order chi connectivity index (χ1) is 8.70. The Kier molecular flexibility index (Phi) is 5.03. The number of nitrogens with one attached hydrogen (secondary N) is 1. The van der Waals surface area contributed by atoms with Crippen molar-refractivity contribution in [2.75, 3.05) is 20.2 Å². The Morgan fingerprint density at radius 1 is 1.44 bits per heavy atom. The number of hydrogen-bond acceptors (Lipinski definition) is 3. The molecular weight excluding hydrogens is 294 g/mol. The summed E-state index contributed by atoms with van der Waals surface area (Å²) < 4.78 is 12.3. The van der Waals surface area contributed by atoms with Crippen molar-refractivity contribution in [2.45, 2.75) is 26.1 Å². The molecule has 2 rings (SSSR count). The number of methoxy groups -OCH3 is 1. The maximum atomic E-state index is 6.01. The molecule has 2 atom stereocenters. The van der Waals surface area contributed by atoms with E-state index in [0.717, 1.165) is 28.9 Å². The van der Waals surface area contributed by atoms with E-state index in [9.17, 15) is 0 Å². The standard InChI is InChI=1S/C14H20BrNO2/c1-10-5-6-16-8-14(10)18-9-11-7-12(17-2)3-4-13(11)15/h3-4,7,10,14,16H,5-6,8-9H2,1-2H3. The Morgan fingerprint density at radius 3 is 3.00 bits per heavy atom. The van der Waals surface area contributed by atoms with Crippen LogP contribution in [0.3, 0.4) is 0 Å². The molecule has 3 nitrogen and oxygen atoms in total. The molecule has 1 aliphatic rings. The van der Waals surface area contributed by atoms with Crippen LogP contribution in [0.15, 0.2) is 22.7 Å². The molecule has 0 spiro atoms. The van der Waals surface area contributed by atoms with Crippen molar-refractivity contribution in [1.29, 1.82) is 0 Å². The third-order valence-corrected chi connectivity index (χ3v) is 4.24. The zero-order valence-electron chi connectivity index (χ0n) is 10.9. The molecule has 4 heteroatoms. The van der Waals surface area contributed by atoms with Crippen LogP contribution in [0.2, 0.25) is 0 Å². The lowest BCUT2D eigenvalue weighted by Gasteiger charge is -2.29. The van der Waals surface area contributed by atoms with Gasteiger partial charge in [-0.15, -0.1) is 0 Å². The van der Waals surface area contributed by atoms with E-state index in [0.29, 0.717) is 18.6 Å². The van der Waals surface area contributed by atoms with Crippen molar-refractivity contribution >= 4 is 15.9 Å². The molecule has 1 heterocycles. The van der Waals surface area contributed by atoms with Gasteiger partial charge in [-0.3, -0.25) is 0 Å². The highest BCUT2D eigenvalue weighted by molar-refractivity contribution is 9.10. The Morgan fingerprint density at radius 2 is 2.28 bits per heavy atom. The average molecular weight is 314 g/mol. The Hall–Kier alpha value is -0.580. The highest BCUT2D eigenvalue weighted by atomic mass is 79.9. The van der Waals surface area contributed by atoms with Crippen LogP contribution in [0.4, 0.5) is 0 Å². The molecule has 1 fully saturated rings. The first-order valence-electron chi connectivity index (χ1n) is 6.35. The predicted octanol–water partition coefficient (Wildman–Crippen LogP) is 2.97. The smallest absolute Gasteiger partial charge is 0.119 e. The normalized spacial score (nSPS) is 23.9. The minimum atomic E-state index is 0.303. The van der Waals surface area contributed by atoms with Crippen LogP contribution in [0.25, 0.3) is 0 Å². The van der Waals surface area contributed by atoms with Crippen LogP contribution in [-0.2, 0) is 11.3 Å². The van der Waals surface area contributed by atoms with Gasteiger partial charge >= 0.3 is 0 Å². The van der Waals surface area contributed by atoms with E-state index in [1.807, 2.05) is 18.2 Å². The summed E-state index contributed by atoms with van der Waals surface area (Å²) in [6.45, 7) is 4.92. The quantitative estimate of drug-likeness (QED) is 0.927. The van der Waals surface area contributed by atoms with Crippen molar-refractivity contribution in [1.82, 2.24) is 5.32 Å². The lowest BCUT2D eigenvalue weighted by Crippen LogP contribution is -2.40. The summed E-state index contributed by atoms with van der Waals surface area (Å²) in [5.41, 5.74) is 1.13. The van der Waals surface area contributed by atoms with E-state index < -0.39 is 0 Å². The van der Waals surface area contributed by atoms with Gasteiger partial charge in [-0.05, 0) is 42.6 Å². The first kappa shape index (κ1) is 13.8. The SMILES string of the molecule is COc1ccc(Br)c(COC2CNCCC2C)c1. The van der Waals surface area contributed by atoms with Gasteiger partial charge in [-0.25, -0.2) is 0 Å². The predicted molar refractivity (Wildman–Crippen MR) is 75.9 cm³/mol. The van der Waals surface area contributed by atoms with E-state index in [1.54, 1.807) is 7.11 Å². The molecule has 100 valence electrons. The van der Waals surface area contributed by atoms with Gasteiger partial charge in [0.15, 0.2) is 0 Å². The van der Waals surface area contributed by atoms with Gasteiger partial charge in [0.1, 0.15) is 5.75 Å². The summed E-state index contributed by atoms with van der Waals surface area (Å²) in [6, 6.07) is 5.96. The maximum absolute atomic E-state index is 6.01. The molecule has 0 aliphatic carbocycles. The Balaban J connectivity index is 1.96. The van der Waals surface area contributed by atoms with Gasteiger partial charge in [0, 0.05) is 11.0 Å². The van der Waals surface area contributed by atoms with E-state index in [1.165, 1.54) is 6.42 Å². The summed E-state index contributed by atoms with van der Waals surface area (Å²) in [4.78, 5) is 0. The fourth-order valence-corrected chi connectivity index (χ4v) is 2.53. The molecule has 1 aromatic carbocycles. The molecule has 0 radical (unpaired) electrons. The summed E-state index contributed by atoms with van der Waals surface area (Å²) in [6.07, 6.45) is 1.49. The van der Waals surface area contributed by atoms with E-state index in [2.05, 4.69) is 28.2 Å². The van der Waals surface area contributed by atoms with Crippen molar-refractivity contribution in [3.05, 3.63) is 28.2 Å². The third-order valence-electron chi connectivity index (χ3n) is 3.46. The van der Waals surface area contributed by atoms with Crippen molar-refractivity contribution in [2.24, 2.45) is 5.92 Å². The molecule has 1 N–H and O–H groups in total. The number of benzene rings is 1. The molecule has 0 amide bonds. The molecule has 2 unspecified atom stereocenters. The first-order valence-corrected chi connectivity index (χ1v) is 7.14. The topological polar surface area (TPSA) is 30.5 Å². The molecular formula is C14H20BrNO2. The minimum absolute atomic E-state index is 0.303. The van der Waals surface area contributed by atoms with E-state index >= 15 is 0 Å². The molecule has 1 aliphatic heterocycles. The van der Waals surface area contributed by atoms with Gasteiger partial charge < -0.3 is 14.8 Å². The second-order valence-electron chi connectivity index (χ2n) is 4.78. The molecule has 0 aromatic heterocycles. The highest BCUT2D eigenvalue weighted by Crippen LogP contribution is 2.24. The fourth-order valence-electron chi connectivity index (χ4n) is 2.17. The molecule has 0 bridgehead atoms. The van der Waals surface area contributed by atoms with Crippen LogP contribution in [0.1, 0.15) is 18.9 Å². The van der Waals surface area contributed by atoms with E-state index in [-0.39, 0.29) is 0 Å². The molecule has 1 aromatic rings. The second kappa shape index (κ2) is 6.55. The van der Waals surface area contributed by atoms with Gasteiger partial charge in [-0.1, -0.05) is 22.9 Å². The number of halogens is 1. The fraction of sp³-hybridized carbons (Fsp3) is 0.571. The van der Waals surface area contributed by atoms with Crippen LogP contribution in [-0.4, -0.2) is 26.3 Å². The average Bonchev–Trinajstić information content (AvgIpc) is 2.39. The van der Waals surface area contributed by atoms with Gasteiger partial charge in [-0.2, -0.15) is 0 Å². The van der Waals surface area contributed by atoms with Crippen LogP contribution < -0.4 is 10.1 Å². The Labute approximate surface area is 117 Å². The Bertz CT molecular complexity index is 397. The second-order valence-corrected chi connectivity index (χ2v) is 5.63. The number of piperidine rings is 1. The van der Waals surface area contributed by atoms with Crippen molar-refractivity contribution in [3.63, 3.8) is 0 Å². The highest BCUT2D eigenvalue weighted by Gasteiger charge is 2.21. The van der Waals surface area contributed by atoms with Crippen molar-refractivity contribution < 1.29 is 9.47 Å². The summed E-state index contributed by atoms with van der Waals surface area (Å²) in [5, 5.41) is 3.38. The van der Waals surface area contributed by atoms with Crippen molar-refractivity contribution in [3.8, 4) is 5.75 Å². The van der Waals surface area contributed by atoms with Crippen LogP contribution in [0.5, 0.6) is 5.75 Å². The maximum Gasteiger partial charge on any atom is 0.119 e. The summed E-state index contributed by atoms with van der Waals surface area (Å²) >= 11 is 3.55. The van der Waals surface area contributed by atoms with Gasteiger partial charge in [0.25, 0.3) is 0 Å². The van der Waals surface area contributed by atoms with Crippen LogP contribution >= 0.6 is 15.9 Å². The van der Waals surface area contributed by atoms with Gasteiger partial charge in [0.05, 0.1) is 19.8 Å². The largest absolute Gasteiger partial charge is 0.497 e. The molecule has 1 saturated heterocycles. The lowest BCUT2D eigenvalue weighted by atomic mass is 9.97. The lowest BCUT2D eigenvalue weighted by molar-refractivity contribution is -0.00685. The van der Waals surface area contributed by atoms with E-state index in [4.69, 9.17) is 9.47 Å². The number of hydrogen-bond donors (Lipinski definition) is 1.